The van der Waals surface area contributed by atoms with Crippen molar-refractivity contribution >= 4 is 53.2 Å². The molecular weight excluding hydrogens is 885 g/mol. The number of nitrogens with one attached hydrogen (secondary N) is 4. The second-order valence-electron chi connectivity index (χ2n) is 17.7. The second-order valence-corrected chi connectivity index (χ2v) is 18.9. The van der Waals surface area contributed by atoms with Crippen LogP contribution in [0.2, 0.25) is 0 Å². The van der Waals surface area contributed by atoms with Gasteiger partial charge in [-0.25, -0.2) is 4.79 Å². The molecule has 8 amide bonds. The zero-order valence-corrected chi connectivity index (χ0v) is 40.1. The predicted octanol–water partition coefficient (Wildman–Crippen LogP) is 2.73. The van der Waals surface area contributed by atoms with E-state index in [0.29, 0.717) is 63.5 Å². The van der Waals surface area contributed by atoms with E-state index in [1.54, 1.807) is 0 Å². The third-order valence-corrected chi connectivity index (χ3v) is 13.6. The Morgan fingerprint density at radius 2 is 1.25 bits per heavy atom. The van der Waals surface area contributed by atoms with Crippen LogP contribution in [-0.4, -0.2) is 143 Å². The number of urea groups is 1. The van der Waals surface area contributed by atoms with Crippen molar-refractivity contribution in [1.29, 1.82) is 0 Å². The largest absolute Gasteiger partial charge is 0.368 e. The molecule has 0 bridgehead atoms. The minimum absolute atomic E-state index is 0.0507. The molecule has 5 rings (SSSR count). The maximum absolute atomic E-state index is 14.4. The molecule has 17 nitrogen and oxygen atoms in total. The molecule has 2 heterocycles. The van der Waals surface area contributed by atoms with Gasteiger partial charge in [-0.05, 0) is 75.2 Å². The van der Waals surface area contributed by atoms with Gasteiger partial charge in [0, 0.05) is 50.1 Å². The number of hydrogen-bond donors (Lipinski definition) is 6. The molecule has 2 aliphatic rings. The van der Waals surface area contributed by atoms with Gasteiger partial charge in [0.15, 0.2) is 0 Å². The Bertz CT molecular complexity index is 2090. The van der Waals surface area contributed by atoms with Crippen molar-refractivity contribution in [3.63, 3.8) is 0 Å². The van der Waals surface area contributed by atoms with Crippen LogP contribution < -0.4 is 32.7 Å². The number of carbonyl (C=O) groups is 7. The first-order valence-electron chi connectivity index (χ1n) is 23.8. The lowest BCUT2D eigenvalue weighted by molar-refractivity contribution is -0.146. The molecule has 2 saturated heterocycles. The maximum Gasteiger partial charge on any atom is 0.315 e. The van der Waals surface area contributed by atoms with E-state index in [0.717, 1.165) is 41.7 Å². The first-order chi connectivity index (χ1) is 32.9. The van der Waals surface area contributed by atoms with Crippen LogP contribution in [0.5, 0.6) is 0 Å². The molecular formula is C50H70N10O7S. The number of benzene rings is 3. The molecule has 18 heteroatoms. The molecule has 0 radical (unpaired) electrons. The van der Waals surface area contributed by atoms with Crippen LogP contribution in [-0.2, 0) is 48.4 Å². The highest BCUT2D eigenvalue weighted by atomic mass is 32.2. The molecule has 4 atom stereocenters. The third-order valence-electron chi connectivity index (χ3n) is 12.1. The molecule has 1 unspecified atom stereocenters. The van der Waals surface area contributed by atoms with Crippen molar-refractivity contribution in [2.24, 2.45) is 11.5 Å². The highest BCUT2D eigenvalue weighted by Crippen LogP contribution is 2.33. The summed E-state index contributed by atoms with van der Waals surface area (Å²) in [4.78, 5) is 99.0. The van der Waals surface area contributed by atoms with Crippen LogP contribution in [0.4, 0.5) is 4.79 Å². The number of amides is 8. The summed E-state index contributed by atoms with van der Waals surface area (Å²) in [5.74, 6) is -1.64. The predicted molar refractivity (Wildman–Crippen MR) is 263 cm³/mol. The van der Waals surface area contributed by atoms with Gasteiger partial charge in [0.1, 0.15) is 12.6 Å². The fraction of sp³-hybridized carbons (Fsp3) is 0.500. The van der Waals surface area contributed by atoms with E-state index in [2.05, 4.69) is 21.3 Å². The monoisotopic (exact) mass is 955 g/mol. The number of fused-ring (bicyclic) bond motifs is 1. The molecule has 368 valence electrons. The third kappa shape index (κ3) is 18.3. The summed E-state index contributed by atoms with van der Waals surface area (Å²) in [6.07, 6.45) is 5.50. The average Bonchev–Trinajstić information content (AvgIpc) is 3.88. The SMILES string of the molecule is CN(CC(=O)N(CCCCN)CC(=O)N(CC(=O)N(CC(=O)N[C@@H](CCCCNC(=O)CCCCC1SC[C@@H]2NC(=O)N[C@H]12)C(N)=O)Cc1ccccc1)Cc1ccccc1)Cc1ccccc1. The van der Waals surface area contributed by atoms with E-state index in [-0.39, 0.29) is 69.1 Å². The lowest BCUT2D eigenvalue weighted by Gasteiger charge is -2.31. The standard InChI is InChI=1S/C50H70N10O7S/c1-57(29-37-17-5-2-6-18-37)33-45(63)58(28-16-14-26-51)34-46(64)60(31-39-21-9-4-10-22-39)35-47(65)59(30-38-19-7-3-8-20-38)32-44(62)54-40(49(52)66)23-13-15-27-53-43(61)25-12-11-24-42-48-41(36-68-42)55-50(67)56-48/h2-10,17-22,40-42,48H,11-16,23-36,51H2,1H3,(H2,52,66)(H,53,61)(H,54,62)(H2,55,56,67)/t40-,41-,42?,48-/m0/s1. The van der Waals surface area contributed by atoms with E-state index in [1.807, 2.05) is 115 Å². The smallest absolute Gasteiger partial charge is 0.315 e. The molecule has 68 heavy (non-hydrogen) atoms. The van der Waals surface area contributed by atoms with Crippen molar-refractivity contribution < 1.29 is 33.6 Å². The van der Waals surface area contributed by atoms with E-state index in [4.69, 9.17) is 11.5 Å². The highest BCUT2D eigenvalue weighted by Gasteiger charge is 2.42. The second kappa shape index (κ2) is 28.4. The van der Waals surface area contributed by atoms with Gasteiger partial charge in [0.2, 0.25) is 35.4 Å². The van der Waals surface area contributed by atoms with Crippen molar-refractivity contribution in [2.75, 3.05) is 58.6 Å². The van der Waals surface area contributed by atoms with Crippen LogP contribution in [0, 0.1) is 0 Å². The Kier molecular flexibility index (Phi) is 22.1. The molecule has 0 spiro atoms. The zero-order valence-electron chi connectivity index (χ0n) is 39.3. The van der Waals surface area contributed by atoms with Crippen molar-refractivity contribution in [1.82, 2.24) is 40.9 Å². The van der Waals surface area contributed by atoms with Gasteiger partial charge in [-0.3, -0.25) is 33.7 Å². The zero-order chi connectivity index (χ0) is 48.7. The summed E-state index contributed by atoms with van der Waals surface area (Å²) < 4.78 is 0. The Morgan fingerprint density at radius 3 is 1.85 bits per heavy atom. The van der Waals surface area contributed by atoms with Crippen LogP contribution in [0.1, 0.15) is 74.5 Å². The molecule has 0 aromatic heterocycles. The number of nitrogens with two attached hydrogens (primary N) is 2. The average molecular weight is 955 g/mol. The molecule has 8 N–H and O–H groups in total. The van der Waals surface area contributed by atoms with Crippen molar-refractivity contribution in [2.45, 2.75) is 101 Å². The lowest BCUT2D eigenvalue weighted by atomic mass is 10.0. The van der Waals surface area contributed by atoms with Gasteiger partial charge >= 0.3 is 6.03 Å². The Labute approximate surface area is 404 Å². The van der Waals surface area contributed by atoms with Crippen LogP contribution in [0.15, 0.2) is 91.0 Å². The van der Waals surface area contributed by atoms with Gasteiger partial charge in [0.25, 0.3) is 0 Å². The van der Waals surface area contributed by atoms with E-state index in [1.165, 1.54) is 14.7 Å². The molecule has 3 aromatic rings. The van der Waals surface area contributed by atoms with Gasteiger partial charge in [-0.2, -0.15) is 11.8 Å². The molecule has 0 aliphatic carbocycles. The number of carbonyl (C=O) groups excluding carboxylic acids is 7. The quantitative estimate of drug-likeness (QED) is 0.0423. The van der Waals surface area contributed by atoms with E-state index >= 15 is 0 Å². The Hall–Kier alpha value is -5.98. The van der Waals surface area contributed by atoms with Gasteiger partial charge < -0.3 is 47.4 Å². The van der Waals surface area contributed by atoms with Gasteiger partial charge in [-0.15, -0.1) is 0 Å². The number of rotatable bonds is 30. The van der Waals surface area contributed by atoms with E-state index < -0.39 is 36.2 Å². The van der Waals surface area contributed by atoms with E-state index in [9.17, 15) is 33.6 Å². The first-order valence-corrected chi connectivity index (χ1v) is 24.8. The van der Waals surface area contributed by atoms with Crippen molar-refractivity contribution in [3.8, 4) is 0 Å². The van der Waals surface area contributed by atoms with Crippen LogP contribution >= 0.6 is 11.8 Å². The summed E-state index contributed by atoms with van der Waals surface area (Å²) >= 11 is 1.85. The molecule has 2 fully saturated rings. The maximum atomic E-state index is 14.4. The number of unbranched alkanes of at least 4 members (excludes halogenated alkanes) is 3. The summed E-state index contributed by atoms with van der Waals surface area (Å²) in [7, 11) is 1.85. The topological polar surface area (TPSA) is 233 Å². The minimum atomic E-state index is -1.01. The summed E-state index contributed by atoms with van der Waals surface area (Å²) in [5.41, 5.74) is 14.1. The van der Waals surface area contributed by atoms with Gasteiger partial charge in [-0.1, -0.05) is 97.4 Å². The summed E-state index contributed by atoms with van der Waals surface area (Å²) in [6, 6.07) is 27.4. The first kappa shape index (κ1) is 53.0. The fourth-order valence-corrected chi connectivity index (χ4v) is 9.93. The summed E-state index contributed by atoms with van der Waals surface area (Å²) in [6.45, 7) is 0.863. The minimum Gasteiger partial charge on any atom is -0.368 e. The van der Waals surface area contributed by atoms with Gasteiger partial charge in [0.05, 0.1) is 31.7 Å². The summed E-state index contributed by atoms with van der Waals surface area (Å²) in [5, 5.41) is 11.9. The normalized spacial score (nSPS) is 16.5. The lowest BCUT2D eigenvalue weighted by Crippen LogP contribution is -2.51. The number of primary amides is 1. The number of hydrogen-bond acceptors (Lipinski definition) is 10. The number of thioether (sulfide) groups is 1. The van der Waals surface area contributed by atoms with Crippen molar-refractivity contribution in [3.05, 3.63) is 108 Å². The number of likely N-dealkylation sites (N-methyl/N-ethyl adjacent to an activating group) is 1. The molecule has 3 aromatic carbocycles. The van der Waals surface area contributed by atoms with Crippen LogP contribution in [0.3, 0.4) is 0 Å². The highest BCUT2D eigenvalue weighted by molar-refractivity contribution is 8.00. The Morgan fingerprint density at radius 1 is 0.676 bits per heavy atom. The molecule has 2 aliphatic heterocycles. The van der Waals surface area contributed by atoms with Crippen LogP contribution in [0.25, 0.3) is 0 Å². The fourth-order valence-electron chi connectivity index (χ4n) is 8.38. The number of nitrogens with zero attached hydrogens (tertiary/aromatic N) is 4. The Balaban J connectivity index is 1.15. The molecule has 0 saturated carbocycles.